The zero-order chi connectivity index (χ0) is 15.4. The average Bonchev–Trinajstić information content (AvgIpc) is 2.50. The first-order valence-electron chi connectivity index (χ1n) is 6.58. The van der Waals surface area contributed by atoms with Crippen LogP contribution in [0.4, 0.5) is 10.5 Å². The van der Waals surface area contributed by atoms with E-state index >= 15 is 0 Å². The van der Waals surface area contributed by atoms with Crippen LogP contribution < -0.4 is 10.6 Å². The minimum absolute atomic E-state index is 0.207. The predicted octanol–water partition coefficient (Wildman–Crippen LogP) is 2.01. The number of ketones is 1. The van der Waals surface area contributed by atoms with E-state index in [1.807, 2.05) is 0 Å². The summed E-state index contributed by atoms with van der Waals surface area (Å²) < 4.78 is 4.55. The van der Waals surface area contributed by atoms with Gasteiger partial charge in [0.1, 0.15) is 0 Å². The van der Waals surface area contributed by atoms with Gasteiger partial charge in [-0.1, -0.05) is 25.1 Å². The smallest absolute Gasteiger partial charge is 0.411 e. The lowest BCUT2D eigenvalue weighted by molar-refractivity contribution is -0.120. The van der Waals surface area contributed by atoms with E-state index < -0.39 is 6.09 Å². The second-order valence-corrected chi connectivity index (χ2v) is 4.50. The van der Waals surface area contributed by atoms with Crippen LogP contribution in [0.25, 0.3) is 0 Å². The van der Waals surface area contributed by atoms with E-state index in [1.165, 1.54) is 7.11 Å². The third kappa shape index (κ3) is 3.10. The summed E-state index contributed by atoms with van der Waals surface area (Å²) in [5.41, 5.74) is 1.99. The molecule has 21 heavy (non-hydrogen) atoms. The third-order valence-electron chi connectivity index (χ3n) is 3.19. The van der Waals surface area contributed by atoms with Crippen LogP contribution in [0.3, 0.4) is 0 Å². The topological polar surface area (TPSA) is 84.5 Å². The highest BCUT2D eigenvalue weighted by atomic mass is 16.5. The van der Waals surface area contributed by atoms with Gasteiger partial charge in [-0.3, -0.25) is 14.9 Å². The Morgan fingerprint density at radius 1 is 1.29 bits per heavy atom. The molecule has 0 unspecified atom stereocenters. The van der Waals surface area contributed by atoms with Gasteiger partial charge in [0.05, 0.1) is 12.8 Å². The van der Waals surface area contributed by atoms with Crippen LogP contribution in [-0.2, 0) is 16.0 Å². The molecular weight excluding hydrogens is 272 g/mol. The number of Topliss-reactive ketones (excluding diaryl/α,β-unsaturated/α-hetero) is 1. The normalized spacial score (nSPS) is 13.0. The van der Waals surface area contributed by atoms with Crippen molar-refractivity contribution in [3.63, 3.8) is 0 Å². The zero-order valence-electron chi connectivity index (χ0n) is 11.9. The van der Waals surface area contributed by atoms with Crippen molar-refractivity contribution in [1.82, 2.24) is 5.32 Å². The summed E-state index contributed by atoms with van der Waals surface area (Å²) in [5, 5.41) is 5.17. The van der Waals surface area contributed by atoms with Crippen molar-refractivity contribution >= 4 is 23.5 Å². The summed E-state index contributed by atoms with van der Waals surface area (Å²) in [6, 6.07) is 5.05. The molecule has 0 aliphatic heterocycles. The summed E-state index contributed by atoms with van der Waals surface area (Å²) in [6.45, 7) is 1.72. The van der Waals surface area contributed by atoms with E-state index in [4.69, 9.17) is 0 Å². The Bertz CT molecular complexity index is 635. The Balaban J connectivity index is 2.29. The second-order valence-electron chi connectivity index (χ2n) is 4.50. The number of hydrogen-bond donors (Lipinski definition) is 2. The minimum atomic E-state index is -0.593. The molecule has 0 aromatic heterocycles. The van der Waals surface area contributed by atoms with Crippen molar-refractivity contribution in [3.8, 4) is 0 Å². The van der Waals surface area contributed by atoms with E-state index in [0.29, 0.717) is 29.7 Å². The largest absolute Gasteiger partial charge is 0.453 e. The van der Waals surface area contributed by atoms with Crippen LogP contribution in [0, 0.1) is 0 Å². The summed E-state index contributed by atoms with van der Waals surface area (Å²) in [5.74, 6) is -0.464. The number of anilines is 1. The monoisotopic (exact) mass is 288 g/mol. The van der Waals surface area contributed by atoms with E-state index in [0.717, 1.165) is 0 Å². The SMILES string of the molecule is CCC(=O)NC1=CCc2c(NC(=O)OC)cccc2C1=O. The van der Waals surface area contributed by atoms with Crippen molar-refractivity contribution in [1.29, 1.82) is 0 Å². The molecule has 6 nitrogen and oxygen atoms in total. The lowest BCUT2D eigenvalue weighted by Gasteiger charge is -2.19. The molecule has 0 fully saturated rings. The fraction of sp³-hybridized carbons (Fsp3) is 0.267. The van der Waals surface area contributed by atoms with Crippen molar-refractivity contribution in [2.45, 2.75) is 19.8 Å². The van der Waals surface area contributed by atoms with E-state index in [-0.39, 0.29) is 17.4 Å². The van der Waals surface area contributed by atoms with Crippen LogP contribution >= 0.6 is 0 Å². The van der Waals surface area contributed by atoms with Gasteiger partial charge in [-0.05, 0) is 18.1 Å². The molecule has 2 rings (SSSR count). The van der Waals surface area contributed by atoms with Gasteiger partial charge in [0.2, 0.25) is 11.7 Å². The van der Waals surface area contributed by atoms with E-state index in [1.54, 1.807) is 31.2 Å². The van der Waals surface area contributed by atoms with Crippen LogP contribution in [-0.4, -0.2) is 24.9 Å². The molecule has 0 heterocycles. The van der Waals surface area contributed by atoms with Crippen LogP contribution in [0.15, 0.2) is 30.0 Å². The molecule has 6 heteroatoms. The molecule has 0 spiro atoms. The molecule has 1 aromatic carbocycles. The van der Waals surface area contributed by atoms with E-state index in [2.05, 4.69) is 15.4 Å². The number of methoxy groups -OCH3 is 1. The Morgan fingerprint density at radius 2 is 2.05 bits per heavy atom. The predicted molar refractivity (Wildman–Crippen MR) is 77.0 cm³/mol. The van der Waals surface area contributed by atoms with Gasteiger partial charge < -0.3 is 10.1 Å². The fourth-order valence-corrected chi connectivity index (χ4v) is 2.09. The van der Waals surface area contributed by atoms with Gasteiger partial charge in [0.15, 0.2) is 0 Å². The quantitative estimate of drug-likeness (QED) is 0.891. The average molecular weight is 288 g/mol. The molecule has 2 amide bonds. The summed E-state index contributed by atoms with van der Waals surface area (Å²) in [4.78, 5) is 35.1. The van der Waals surface area contributed by atoms with Crippen molar-refractivity contribution in [3.05, 3.63) is 41.1 Å². The van der Waals surface area contributed by atoms with Crippen LogP contribution in [0.2, 0.25) is 0 Å². The molecule has 0 atom stereocenters. The van der Waals surface area contributed by atoms with Crippen molar-refractivity contribution in [2.24, 2.45) is 0 Å². The second kappa shape index (κ2) is 6.21. The third-order valence-corrected chi connectivity index (χ3v) is 3.19. The minimum Gasteiger partial charge on any atom is -0.453 e. The highest BCUT2D eigenvalue weighted by molar-refractivity contribution is 6.13. The number of amides is 2. The first kappa shape index (κ1) is 14.8. The molecular formula is C15H16N2O4. The number of fused-ring (bicyclic) bond motifs is 1. The summed E-state index contributed by atoms with van der Waals surface area (Å²) in [7, 11) is 1.27. The fourth-order valence-electron chi connectivity index (χ4n) is 2.09. The summed E-state index contributed by atoms with van der Waals surface area (Å²) in [6.07, 6.45) is 1.81. The number of ether oxygens (including phenoxy) is 1. The number of allylic oxidation sites excluding steroid dienone is 2. The van der Waals surface area contributed by atoms with Gasteiger partial charge in [0.25, 0.3) is 0 Å². The van der Waals surface area contributed by atoms with Gasteiger partial charge >= 0.3 is 6.09 Å². The lowest BCUT2D eigenvalue weighted by atomic mass is 9.92. The molecule has 0 saturated heterocycles. The highest BCUT2D eigenvalue weighted by Gasteiger charge is 2.23. The number of nitrogens with one attached hydrogen (secondary N) is 2. The maximum Gasteiger partial charge on any atom is 0.411 e. The maximum absolute atomic E-state index is 12.3. The molecule has 2 N–H and O–H groups in total. The standard InChI is InChI=1S/C15H16N2O4/c1-3-13(18)16-12-8-7-9-10(14(12)19)5-4-6-11(9)17-15(20)21-2/h4-6,8H,3,7H2,1-2H3,(H,16,18)(H,17,20). The van der Waals surface area contributed by atoms with Crippen molar-refractivity contribution in [2.75, 3.05) is 12.4 Å². The Kier molecular flexibility index (Phi) is 4.37. The Hall–Kier alpha value is -2.63. The van der Waals surface area contributed by atoms with Crippen LogP contribution in [0.5, 0.6) is 0 Å². The van der Waals surface area contributed by atoms with Gasteiger partial charge in [0, 0.05) is 17.7 Å². The number of carbonyl (C=O) groups excluding carboxylic acids is 3. The first-order chi connectivity index (χ1) is 10.1. The molecule has 0 radical (unpaired) electrons. The maximum atomic E-state index is 12.3. The Morgan fingerprint density at radius 3 is 2.71 bits per heavy atom. The molecule has 0 bridgehead atoms. The molecule has 1 aromatic rings. The molecule has 1 aliphatic rings. The number of carbonyl (C=O) groups is 3. The molecule has 1 aliphatic carbocycles. The van der Waals surface area contributed by atoms with Gasteiger partial charge in [-0.25, -0.2) is 4.79 Å². The van der Waals surface area contributed by atoms with Crippen LogP contribution in [0.1, 0.15) is 29.3 Å². The number of hydrogen-bond acceptors (Lipinski definition) is 4. The van der Waals surface area contributed by atoms with Gasteiger partial charge in [-0.15, -0.1) is 0 Å². The number of benzene rings is 1. The zero-order valence-corrected chi connectivity index (χ0v) is 11.9. The first-order valence-corrected chi connectivity index (χ1v) is 6.58. The molecule has 110 valence electrons. The lowest BCUT2D eigenvalue weighted by Crippen LogP contribution is -2.29. The van der Waals surface area contributed by atoms with Gasteiger partial charge in [-0.2, -0.15) is 0 Å². The van der Waals surface area contributed by atoms with E-state index in [9.17, 15) is 14.4 Å². The van der Waals surface area contributed by atoms with Crippen molar-refractivity contribution < 1.29 is 19.1 Å². The summed E-state index contributed by atoms with van der Waals surface area (Å²) >= 11 is 0. The highest BCUT2D eigenvalue weighted by Crippen LogP contribution is 2.27. The molecule has 0 saturated carbocycles. The Labute approximate surface area is 122 Å². The number of rotatable bonds is 3.